The van der Waals surface area contributed by atoms with E-state index in [-0.39, 0.29) is 5.91 Å². The summed E-state index contributed by atoms with van der Waals surface area (Å²) in [6, 6.07) is 10.2. The Balaban J connectivity index is 2.04. The van der Waals surface area contributed by atoms with Gasteiger partial charge < -0.3 is 15.8 Å². The van der Waals surface area contributed by atoms with Gasteiger partial charge in [-0.1, -0.05) is 29.3 Å². The molecule has 2 aromatic carbocycles. The van der Waals surface area contributed by atoms with Crippen molar-refractivity contribution in [3.63, 3.8) is 0 Å². The summed E-state index contributed by atoms with van der Waals surface area (Å²) in [4.78, 5) is 12.1. The molecule has 0 aliphatic heterocycles. The van der Waals surface area contributed by atoms with Crippen LogP contribution >= 0.6 is 23.2 Å². The summed E-state index contributed by atoms with van der Waals surface area (Å²) in [7, 11) is 0. The number of nitrogens with one attached hydrogen (secondary N) is 1. The van der Waals surface area contributed by atoms with Gasteiger partial charge in [0.2, 0.25) is 0 Å². The summed E-state index contributed by atoms with van der Waals surface area (Å²) >= 11 is 11.8. The van der Waals surface area contributed by atoms with Gasteiger partial charge in [0.15, 0.2) is 6.10 Å². The molecule has 116 valence electrons. The monoisotopic (exact) mass is 338 g/mol. The first-order chi connectivity index (χ1) is 10.4. The summed E-state index contributed by atoms with van der Waals surface area (Å²) in [6.07, 6.45) is -0.721. The number of hydrogen-bond acceptors (Lipinski definition) is 3. The van der Waals surface area contributed by atoms with Crippen LogP contribution in [0.1, 0.15) is 12.5 Å². The predicted octanol–water partition coefficient (Wildman–Crippen LogP) is 4.29. The number of nitrogens with two attached hydrogens (primary N) is 1. The molecule has 0 aliphatic rings. The van der Waals surface area contributed by atoms with Crippen LogP contribution in [0.4, 0.5) is 11.4 Å². The maximum absolute atomic E-state index is 12.1. The van der Waals surface area contributed by atoms with E-state index in [0.717, 1.165) is 5.56 Å². The van der Waals surface area contributed by atoms with E-state index in [1.54, 1.807) is 37.3 Å². The van der Waals surface area contributed by atoms with E-state index in [1.807, 2.05) is 13.0 Å². The lowest BCUT2D eigenvalue weighted by Gasteiger charge is -2.16. The molecule has 6 heteroatoms. The zero-order chi connectivity index (χ0) is 16.3. The van der Waals surface area contributed by atoms with Crippen LogP contribution in [-0.2, 0) is 4.79 Å². The molecule has 0 radical (unpaired) electrons. The number of hydrogen-bond donors (Lipinski definition) is 2. The molecule has 1 unspecified atom stereocenters. The third kappa shape index (κ3) is 4.06. The largest absolute Gasteiger partial charge is 0.479 e. The van der Waals surface area contributed by atoms with Crippen LogP contribution in [0.3, 0.4) is 0 Å². The summed E-state index contributed by atoms with van der Waals surface area (Å²) in [5.41, 5.74) is 8.01. The van der Waals surface area contributed by atoms with Crippen molar-refractivity contribution in [1.29, 1.82) is 0 Å². The van der Waals surface area contributed by atoms with Gasteiger partial charge in [0.05, 0.1) is 5.02 Å². The van der Waals surface area contributed by atoms with Crippen molar-refractivity contribution in [3.8, 4) is 5.75 Å². The third-order valence-corrected chi connectivity index (χ3v) is 3.64. The number of carbonyl (C=O) groups is 1. The number of anilines is 2. The first kappa shape index (κ1) is 16.5. The standard InChI is InChI=1S/C16H16Cl2N2O2/c1-9-3-5-12(8-14(9)19)20-16(21)10(2)22-15-6-4-11(17)7-13(15)18/h3-8,10H,19H2,1-2H3,(H,20,21). The minimum Gasteiger partial charge on any atom is -0.479 e. The van der Waals surface area contributed by atoms with Gasteiger partial charge in [0, 0.05) is 16.4 Å². The Kier molecular flexibility index (Phi) is 5.16. The Morgan fingerprint density at radius 3 is 2.59 bits per heavy atom. The van der Waals surface area contributed by atoms with E-state index in [4.69, 9.17) is 33.7 Å². The van der Waals surface area contributed by atoms with Gasteiger partial charge in [-0.15, -0.1) is 0 Å². The second-order valence-electron chi connectivity index (χ2n) is 4.90. The van der Waals surface area contributed by atoms with Crippen molar-refractivity contribution in [2.45, 2.75) is 20.0 Å². The molecule has 0 aromatic heterocycles. The third-order valence-electron chi connectivity index (χ3n) is 3.11. The van der Waals surface area contributed by atoms with Gasteiger partial charge in [-0.2, -0.15) is 0 Å². The Labute approximate surface area is 139 Å². The van der Waals surface area contributed by atoms with Gasteiger partial charge in [0.25, 0.3) is 5.91 Å². The van der Waals surface area contributed by atoms with Crippen molar-refractivity contribution >= 4 is 40.5 Å². The van der Waals surface area contributed by atoms with Crippen LogP contribution < -0.4 is 15.8 Å². The molecule has 1 atom stereocenters. The zero-order valence-electron chi connectivity index (χ0n) is 12.2. The van der Waals surface area contributed by atoms with E-state index in [2.05, 4.69) is 5.32 Å². The Hall–Kier alpha value is -1.91. The summed E-state index contributed by atoms with van der Waals surface area (Å²) in [5.74, 6) is 0.103. The SMILES string of the molecule is Cc1ccc(NC(=O)C(C)Oc2ccc(Cl)cc2Cl)cc1N. The predicted molar refractivity (Wildman–Crippen MR) is 90.8 cm³/mol. The highest BCUT2D eigenvalue weighted by atomic mass is 35.5. The lowest BCUT2D eigenvalue weighted by atomic mass is 10.2. The summed E-state index contributed by atoms with van der Waals surface area (Å²) < 4.78 is 5.55. The van der Waals surface area contributed by atoms with E-state index >= 15 is 0 Å². The van der Waals surface area contributed by atoms with Crippen molar-refractivity contribution in [2.75, 3.05) is 11.1 Å². The molecular formula is C16H16Cl2N2O2. The smallest absolute Gasteiger partial charge is 0.265 e. The lowest BCUT2D eigenvalue weighted by Crippen LogP contribution is -2.30. The van der Waals surface area contributed by atoms with Gasteiger partial charge >= 0.3 is 0 Å². The van der Waals surface area contributed by atoms with Crippen molar-refractivity contribution in [2.24, 2.45) is 0 Å². The Morgan fingerprint density at radius 2 is 1.95 bits per heavy atom. The number of aryl methyl sites for hydroxylation is 1. The number of rotatable bonds is 4. The van der Waals surface area contributed by atoms with Gasteiger partial charge in [-0.05, 0) is 49.7 Å². The maximum Gasteiger partial charge on any atom is 0.265 e. The average Bonchev–Trinajstić information content (AvgIpc) is 2.45. The maximum atomic E-state index is 12.1. The number of carbonyl (C=O) groups excluding carboxylic acids is 1. The molecule has 4 nitrogen and oxygen atoms in total. The molecule has 0 spiro atoms. The minimum absolute atomic E-state index is 0.297. The van der Waals surface area contributed by atoms with Crippen molar-refractivity contribution in [1.82, 2.24) is 0 Å². The first-order valence-electron chi connectivity index (χ1n) is 6.65. The van der Waals surface area contributed by atoms with Crippen LogP contribution in [0, 0.1) is 6.92 Å². The first-order valence-corrected chi connectivity index (χ1v) is 7.41. The number of ether oxygens (including phenoxy) is 1. The summed E-state index contributed by atoms with van der Waals surface area (Å²) in [6.45, 7) is 3.53. The Bertz CT molecular complexity index is 705. The van der Waals surface area contributed by atoms with E-state index in [0.29, 0.717) is 27.2 Å². The second-order valence-corrected chi connectivity index (χ2v) is 5.74. The molecular weight excluding hydrogens is 323 g/mol. The lowest BCUT2D eigenvalue weighted by molar-refractivity contribution is -0.122. The zero-order valence-corrected chi connectivity index (χ0v) is 13.7. The molecule has 1 amide bonds. The van der Waals surface area contributed by atoms with Gasteiger partial charge in [-0.25, -0.2) is 0 Å². The number of amides is 1. The quantitative estimate of drug-likeness (QED) is 0.817. The minimum atomic E-state index is -0.721. The molecule has 2 aromatic rings. The van der Waals surface area contributed by atoms with Crippen LogP contribution in [0.5, 0.6) is 5.75 Å². The van der Waals surface area contributed by atoms with Crippen molar-refractivity contribution < 1.29 is 9.53 Å². The van der Waals surface area contributed by atoms with Crippen LogP contribution in [-0.4, -0.2) is 12.0 Å². The molecule has 0 saturated carbocycles. The van der Waals surface area contributed by atoms with Crippen LogP contribution in [0.15, 0.2) is 36.4 Å². The fourth-order valence-electron chi connectivity index (χ4n) is 1.78. The molecule has 22 heavy (non-hydrogen) atoms. The molecule has 3 N–H and O–H groups in total. The molecule has 0 fully saturated rings. The van der Waals surface area contributed by atoms with Crippen LogP contribution in [0.25, 0.3) is 0 Å². The molecule has 2 rings (SSSR count). The number of benzene rings is 2. The summed E-state index contributed by atoms with van der Waals surface area (Å²) in [5, 5.41) is 3.61. The van der Waals surface area contributed by atoms with E-state index in [1.165, 1.54) is 0 Å². The molecule has 0 saturated heterocycles. The molecule has 0 bridgehead atoms. The number of nitrogen functional groups attached to an aromatic ring is 1. The average molecular weight is 339 g/mol. The Morgan fingerprint density at radius 1 is 1.23 bits per heavy atom. The highest BCUT2D eigenvalue weighted by Crippen LogP contribution is 2.28. The van der Waals surface area contributed by atoms with Gasteiger partial charge in [0.1, 0.15) is 5.75 Å². The fourth-order valence-corrected chi connectivity index (χ4v) is 2.23. The highest BCUT2D eigenvalue weighted by Gasteiger charge is 2.16. The molecule has 0 aliphatic carbocycles. The van der Waals surface area contributed by atoms with E-state index in [9.17, 15) is 4.79 Å². The number of halogens is 2. The normalized spacial score (nSPS) is 11.8. The van der Waals surface area contributed by atoms with E-state index < -0.39 is 6.10 Å². The topological polar surface area (TPSA) is 64.3 Å². The highest BCUT2D eigenvalue weighted by molar-refractivity contribution is 6.35. The fraction of sp³-hybridized carbons (Fsp3) is 0.188. The molecule has 0 heterocycles. The second kappa shape index (κ2) is 6.90. The van der Waals surface area contributed by atoms with Crippen molar-refractivity contribution in [3.05, 3.63) is 52.0 Å². The van der Waals surface area contributed by atoms with Crippen LogP contribution in [0.2, 0.25) is 10.0 Å². The van der Waals surface area contributed by atoms with Gasteiger partial charge in [-0.3, -0.25) is 4.79 Å².